The zero-order valence-electron chi connectivity index (χ0n) is 30.2. The van der Waals surface area contributed by atoms with Gasteiger partial charge in [0.2, 0.25) is 11.6 Å². The molecular formula is C38H39ClF6N8O2. The van der Waals surface area contributed by atoms with Gasteiger partial charge in [-0.1, -0.05) is 72.8 Å². The smallest absolute Gasteiger partial charge is 0.389 e. The highest BCUT2D eigenvalue weighted by molar-refractivity contribution is 6.18. The minimum Gasteiger partial charge on any atom is -0.389 e. The van der Waals surface area contributed by atoms with Crippen LogP contribution in [-0.4, -0.2) is 68.1 Å². The molecule has 292 valence electrons. The van der Waals surface area contributed by atoms with E-state index in [1.807, 2.05) is 48.5 Å². The maximum Gasteiger partial charge on any atom is 0.416 e. The lowest BCUT2D eigenvalue weighted by atomic mass is 9.98. The first-order chi connectivity index (χ1) is 25.7. The molecule has 0 atom stereocenters. The van der Waals surface area contributed by atoms with Crippen LogP contribution in [0.3, 0.4) is 0 Å². The van der Waals surface area contributed by atoms with E-state index in [0.29, 0.717) is 30.4 Å². The Labute approximate surface area is 318 Å². The highest BCUT2D eigenvalue weighted by Gasteiger charge is 2.31. The van der Waals surface area contributed by atoms with Crippen molar-refractivity contribution < 1.29 is 36.6 Å². The van der Waals surface area contributed by atoms with Crippen molar-refractivity contribution in [3.63, 3.8) is 0 Å². The van der Waals surface area contributed by atoms with Crippen molar-refractivity contribution in [1.82, 2.24) is 40.8 Å². The van der Waals surface area contributed by atoms with E-state index in [-0.39, 0.29) is 6.54 Å². The van der Waals surface area contributed by atoms with Crippen molar-refractivity contribution >= 4 is 11.6 Å². The minimum absolute atomic E-state index is 0.196. The molecule has 0 bridgehead atoms. The second-order valence-electron chi connectivity index (χ2n) is 13.7. The third kappa shape index (κ3) is 13.6. The van der Waals surface area contributed by atoms with E-state index in [4.69, 9.17) is 16.7 Å². The van der Waals surface area contributed by atoms with Crippen molar-refractivity contribution in [2.24, 2.45) is 0 Å². The molecule has 0 unspecified atom stereocenters. The molecule has 55 heavy (non-hydrogen) atoms. The standard InChI is InChI=1S/C19H19F3N4O.C15H11F3N4.C4H9ClO/c1-18(2,27)12-26-24-17(23-25-26)16-6-4-3-5-14(16)11-13-7-9-15(10-8-13)19(20,21)22;16-15(17,18)12-7-5-10(6-8-12)9-11-3-1-2-4-13(11)14-19-21-22-20-14;1-4(2,6)3-5/h3-10,27H,11-12H2,1-2H3;1-8H,9H2,(H,19,20,21,22);6H,3H2,1-2H3. The van der Waals surface area contributed by atoms with Crippen LogP contribution in [-0.2, 0) is 31.7 Å². The largest absolute Gasteiger partial charge is 0.416 e. The number of tetrazole rings is 2. The molecule has 0 fully saturated rings. The second kappa shape index (κ2) is 18.0. The van der Waals surface area contributed by atoms with Crippen LogP contribution in [0, 0.1) is 0 Å². The Morgan fingerprint density at radius 1 is 0.618 bits per heavy atom. The number of aromatic nitrogens is 8. The number of alkyl halides is 7. The number of halogens is 7. The molecule has 17 heteroatoms. The molecule has 6 aromatic rings. The van der Waals surface area contributed by atoms with Gasteiger partial charge in [-0.3, -0.25) is 0 Å². The average molecular weight is 789 g/mol. The van der Waals surface area contributed by atoms with E-state index in [1.54, 1.807) is 27.7 Å². The number of aromatic amines is 1. The number of nitrogens with zero attached hydrogens (tertiary/aromatic N) is 7. The number of hydrogen-bond donors (Lipinski definition) is 3. The first kappa shape index (κ1) is 42.6. The topological polar surface area (TPSA) is 139 Å². The van der Waals surface area contributed by atoms with Crippen LogP contribution in [0.1, 0.15) is 61.1 Å². The molecule has 3 N–H and O–H groups in total. The average Bonchev–Trinajstić information content (AvgIpc) is 3.81. The summed E-state index contributed by atoms with van der Waals surface area (Å²) in [6, 6.07) is 25.1. The minimum atomic E-state index is -4.35. The fraction of sp³-hybridized carbons (Fsp3) is 0.316. The van der Waals surface area contributed by atoms with Crippen LogP contribution < -0.4 is 0 Å². The first-order valence-electron chi connectivity index (χ1n) is 16.7. The Morgan fingerprint density at radius 2 is 1.05 bits per heavy atom. The number of hydrogen-bond acceptors (Lipinski definition) is 8. The fourth-order valence-corrected chi connectivity index (χ4v) is 4.89. The molecule has 0 saturated carbocycles. The monoisotopic (exact) mass is 788 g/mol. The Morgan fingerprint density at radius 3 is 1.44 bits per heavy atom. The Kier molecular flexibility index (Phi) is 13.9. The molecule has 0 aliphatic heterocycles. The molecule has 2 aromatic heterocycles. The summed E-state index contributed by atoms with van der Waals surface area (Å²) in [5, 5.41) is 44.7. The van der Waals surface area contributed by atoms with E-state index in [2.05, 4.69) is 36.0 Å². The number of H-pyrrole nitrogens is 1. The summed E-state index contributed by atoms with van der Waals surface area (Å²) < 4.78 is 75.8. The molecule has 2 heterocycles. The van der Waals surface area contributed by atoms with Crippen molar-refractivity contribution in [1.29, 1.82) is 0 Å². The summed E-state index contributed by atoms with van der Waals surface area (Å²) in [5.41, 5.74) is 1.89. The number of rotatable bonds is 9. The molecular weight excluding hydrogens is 750 g/mol. The predicted molar refractivity (Wildman–Crippen MR) is 195 cm³/mol. The van der Waals surface area contributed by atoms with Crippen LogP contribution in [0.2, 0.25) is 0 Å². The molecule has 10 nitrogen and oxygen atoms in total. The van der Waals surface area contributed by atoms with Gasteiger partial charge in [0.1, 0.15) is 0 Å². The molecule has 0 amide bonds. The molecule has 0 saturated heterocycles. The molecule has 0 radical (unpaired) electrons. The van der Waals surface area contributed by atoms with Gasteiger partial charge in [-0.2, -0.15) is 36.4 Å². The van der Waals surface area contributed by atoms with Crippen LogP contribution >= 0.6 is 11.6 Å². The highest BCUT2D eigenvalue weighted by atomic mass is 35.5. The highest BCUT2D eigenvalue weighted by Crippen LogP contribution is 2.31. The number of nitrogens with one attached hydrogen (secondary N) is 1. The summed E-state index contributed by atoms with van der Waals surface area (Å²) in [7, 11) is 0. The molecule has 4 aromatic carbocycles. The molecule has 0 aliphatic rings. The lowest BCUT2D eigenvalue weighted by Crippen LogP contribution is -2.27. The Hall–Kier alpha value is -5.19. The van der Waals surface area contributed by atoms with Crippen molar-refractivity contribution in [2.45, 2.75) is 70.6 Å². The Balaban J connectivity index is 0.000000216. The van der Waals surface area contributed by atoms with Crippen molar-refractivity contribution in [3.8, 4) is 22.8 Å². The molecule has 0 spiro atoms. The zero-order chi connectivity index (χ0) is 40.4. The van der Waals surface area contributed by atoms with Gasteiger partial charge in [-0.05, 0) is 97.5 Å². The number of aliphatic hydroxyl groups is 2. The van der Waals surface area contributed by atoms with E-state index in [1.165, 1.54) is 29.1 Å². The van der Waals surface area contributed by atoms with Gasteiger partial charge in [0, 0.05) is 11.1 Å². The van der Waals surface area contributed by atoms with Crippen LogP contribution in [0.25, 0.3) is 22.8 Å². The van der Waals surface area contributed by atoms with Gasteiger partial charge in [0.25, 0.3) is 0 Å². The fourth-order valence-electron chi connectivity index (χ4n) is 4.89. The van der Waals surface area contributed by atoms with Crippen LogP contribution in [0.15, 0.2) is 97.1 Å². The SMILES string of the molecule is CC(C)(O)CCl.CC(C)(O)Cn1nnc(-c2ccccc2Cc2ccc(C(F)(F)F)cc2)n1.FC(F)(F)c1ccc(Cc2ccccc2-c2nn[nH]n2)cc1. The van der Waals surface area contributed by atoms with Gasteiger partial charge in [-0.25, -0.2) is 0 Å². The van der Waals surface area contributed by atoms with Gasteiger partial charge in [0.15, 0.2) is 0 Å². The normalized spacial score (nSPS) is 12.0. The van der Waals surface area contributed by atoms with Gasteiger partial charge < -0.3 is 10.2 Å². The van der Waals surface area contributed by atoms with E-state index in [9.17, 15) is 31.4 Å². The Bertz CT molecular complexity index is 2070. The first-order valence-corrected chi connectivity index (χ1v) is 17.3. The van der Waals surface area contributed by atoms with E-state index in [0.717, 1.165) is 57.6 Å². The van der Waals surface area contributed by atoms with Crippen molar-refractivity contribution in [2.75, 3.05) is 5.88 Å². The third-order valence-corrected chi connectivity index (χ3v) is 8.18. The lowest BCUT2D eigenvalue weighted by Gasteiger charge is -2.14. The van der Waals surface area contributed by atoms with Crippen LogP contribution in [0.5, 0.6) is 0 Å². The molecule has 6 rings (SSSR count). The maximum atomic E-state index is 12.7. The predicted octanol–water partition coefficient (Wildman–Crippen LogP) is 8.19. The lowest BCUT2D eigenvalue weighted by molar-refractivity contribution is -0.138. The summed E-state index contributed by atoms with van der Waals surface area (Å²) in [6.07, 6.45) is -7.74. The van der Waals surface area contributed by atoms with E-state index < -0.39 is 34.7 Å². The van der Waals surface area contributed by atoms with Gasteiger partial charge in [0.05, 0.1) is 34.8 Å². The molecule has 0 aliphatic carbocycles. The van der Waals surface area contributed by atoms with Gasteiger partial charge in [-0.15, -0.1) is 32.0 Å². The number of benzene rings is 4. The summed E-state index contributed by atoms with van der Waals surface area (Å²) in [6.45, 7) is 6.82. The third-order valence-electron chi connectivity index (χ3n) is 7.52. The van der Waals surface area contributed by atoms with Gasteiger partial charge >= 0.3 is 12.4 Å². The zero-order valence-corrected chi connectivity index (χ0v) is 31.0. The summed E-state index contributed by atoms with van der Waals surface area (Å²) in [4.78, 5) is 1.32. The van der Waals surface area contributed by atoms with Crippen LogP contribution in [0.4, 0.5) is 26.3 Å². The second-order valence-corrected chi connectivity index (χ2v) is 14.0. The maximum absolute atomic E-state index is 12.7. The summed E-state index contributed by atoms with van der Waals surface area (Å²) in [5.74, 6) is 1.16. The summed E-state index contributed by atoms with van der Waals surface area (Å²) >= 11 is 5.23. The quantitative estimate of drug-likeness (QED) is 0.0985. The van der Waals surface area contributed by atoms with E-state index >= 15 is 0 Å². The van der Waals surface area contributed by atoms with Crippen molar-refractivity contribution in [3.05, 3.63) is 130 Å².